The zero-order chi connectivity index (χ0) is 13.3. The van der Waals surface area contributed by atoms with E-state index in [4.69, 9.17) is 4.74 Å². The van der Waals surface area contributed by atoms with Crippen molar-refractivity contribution in [2.24, 2.45) is 17.8 Å². The van der Waals surface area contributed by atoms with Gasteiger partial charge in [-0.1, -0.05) is 0 Å². The van der Waals surface area contributed by atoms with E-state index in [1.54, 1.807) is 7.11 Å². The normalized spacial score (nSPS) is 37.5. The van der Waals surface area contributed by atoms with E-state index in [1.165, 1.54) is 38.5 Å². The minimum atomic E-state index is 0. The summed E-state index contributed by atoms with van der Waals surface area (Å²) in [4.78, 5) is 12.1. The Morgan fingerprint density at radius 2 is 1.70 bits per heavy atom. The molecule has 0 saturated heterocycles. The molecule has 5 heteroatoms. The van der Waals surface area contributed by atoms with E-state index >= 15 is 0 Å². The van der Waals surface area contributed by atoms with Crippen LogP contribution in [0.5, 0.6) is 0 Å². The first-order chi connectivity index (χ1) is 9.19. The standard InChI is InChI=1S/C15H26N2O2.ClH/c1-19-3-2-16-10-14(18)17-15-7-11-4-12(8-15)6-13(5-11)9-15;/h11-13,16H,2-10H2,1H3,(H,17,18);1H. The van der Waals surface area contributed by atoms with Crippen LogP contribution in [0.15, 0.2) is 0 Å². The molecule has 20 heavy (non-hydrogen) atoms. The molecule has 116 valence electrons. The third kappa shape index (κ3) is 3.46. The molecular formula is C15H27ClN2O2. The number of hydrogen-bond donors (Lipinski definition) is 2. The van der Waals surface area contributed by atoms with Crippen molar-refractivity contribution >= 4 is 18.3 Å². The summed E-state index contributed by atoms with van der Waals surface area (Å²) in [6.07, 6.45) is 7.93. The third-order valence-corrected chi connectivity index (χ3v) is 5.21. The smallest absolute Gasteiger partial charge is 0.234 e. The van der Waals surface area contributed by atoms with Crippen molar-refractivity contribution in [1.82, 2.24) is 10.6 Å². The van der Waals surface area contributed by atoms with E-state index in [0.29, 0.717) is 13.2 Å². The first-order valence-electron chi connectivity index (χ1n) is 7.70. The van der Waals surface area contributed by atoms with Gasteiger partial charge in [0.05, 0.1) is 13.2 Å². The van der Waals surface area contributed by atoms with Crippen molar-refractivity contribution in [1.29, 1.82) is 0 Å². The second kappa shape index (κ2) is 6.63. The Balaban J connectivity index is 0.00000147. The highest BCUT2D eigenvalue weighted by atomic mass is 35.5. The van der Waals surface area contributed by atoms with Gasteiger partial charge in [-0.25, -0.2) is 0 Å². The molecule has 0 radical (unpaired) electrons. The Morgan fingerprint density at radius 1 is 1.15 bits per heavy atom. The molecule has 0 unspecified atom stereocenters. The van der Waals surface area contributed by atoms with Crippen LogP contribution in [0.3, 0.4) is 0 Å². The maximum atomic E-state index is 12.1. The van der Waals surface area contributed by atoms with Gasteiger partial charge in [0, 0.05) is 19.2 Å². The van der Waals surface area contributed by atoms with Crippen LogP contribution < -0.4 is 10.6 Å². The second-order valence-corrected chi connectivity index (χ2v) is 6.92. The van der Waals surface area contributed by atoms with Gasteiger partial charge in [0.25, 0.3) is 0 Å². The van der Waals surface area contributed by atoms with Gasteiger partial charge >= 0.3 is 0 Å². The average Bonchev–Trinajstić information content (AvgIpc) is 2.32. The predicted molar refractivity (Wildman–Crippen MR) is 81.0 cm³/mol. The van der Waals surface area contributed by atoms with Crippen LogP contribution in [0.25, 0.3) is 0 Å². The number of rotatable bonds is 6. The van der Waals surface area contributed by atoms with Gasteiger partial charge < -0.3 is 15.4 Å². The Kier molecular flexibility index (Phi) is 5.32. The first-order valence-corrected chi connectivity index (χ1v) is 7.70. The lowest BCUT2D eigenvalue weighted by molar-refractivity contribution is -0.126. The Bertz CT molecular complexity index is 313. The van der Waals surface area contributed by atoms with Crippen molar-refractivity contribution in [2.75, 3.05) is 26.8 Å². The van der Waals surface area contributed by atoms with Crippen molar-refractivity contribution in [3.63, 3.8) is 0 Å². The largest absolute Gasteiger partial charge is 0.383 e. The van der Waals surface area contributed by atoms with Crippen molar-refractivity contribution in [2.45, 2.75) is 44.1 Å². The van der Waals surface area contributed by atoms with E-state index in [-0.39, 0.29) is 23.9 Å². The molecule has 4 rings (SSSR count). The van der Waals surface area contributed by atoms with Crippen LogP contribution in [0.2, 0.25) is 0 Å². The zero-order valence-electron chi connectivity index (χ0n) is 12.3. The Labute approximate surface area is 127 Å². The van der Waals surface area contributed by atoms with Crippen LogP contribution in [-0.4, -0.2) is 38.3 Å². The predicted octanol–water partition coefficient (Wildman–Crippen LogP) is 1.73. The van der Waals surface area contributed by atoms with Gasteiger partial charge in [0.2, 0.25) is 5.91 Å². The van der Waals surface area contributed by atoms with Gasteiger partial charge in [-0.05, 0) is 56.3 Å². The molecule has 4 aliphatic carbocycles. The molecule has 0 aromatic heterocycles. The summed E-state index contributed by atoms with van der Waals surface area (Å²) >= 11 is 0. The molecule has 4 bridgehead atoms. The third-order valence-electron chi connectivity index (χ3n) is 5.21. The van der Waals surface area contributed by atoms with Gasteiger partial charge in [-0.15, -0.1) is 12.4 Å². The average molecular weight is 303 g/mol. The molecule has 4 aliphatic rings. The summed E-state index contributed by atoms with van der Waals surface area (Å²) in [5, 5.41) is 6.49. The van der Waals surface area contributed by atoms with Gasteiger partial charge in [0.15, 0.2) is 0 Å². The second-order valence-electron chi connectivity index (χ2n) is 6.92. The summed E-state index contributed by atoms with van der Waals surface area (Å²) in [6.45, 7) is 1.82. The molecule has 0 spiro atoms. The van der Waals surface area contributed by atoms with Crippen LogP contribution in [-0.2, 0) is 9.53 Å². The fraction of sp³-hybridized carbons (Fsp3) is 0.933. The molecule has 4 fully saturated rings. The SMILES string of the molecule is COCCNCC(=O)NC12CC3CC(CC(C3)C1)C2.Cl. The molecular weight excluding hydrogens is 276 g/mol. The molecule has 0 aliphatic heterocycles. The fourth-order valence-electron chi connectivity index (χ4n) is 4.98. The van der Waals surface area contributed by atoms with E-state index in [1.807, 2.05) is 0 Å². The first kappa shape index (κ1) is 16.1. The van der Waals surface area contributed by atoms with Crippen molar-refractivity contribution in [3.05, 3.63) is 0 Å². The minimum Gasteiger partial charge on any atom is -0.383 e. The number of amides is 1. The molecule has 0 heterocycles. The van der Waals surface area contributed by atoms with Crippen molar-refractivity contribution in [3.8, 4) is 0 Å². The number of carbonyl (C=O) groups is 1. The number of hydrogen-bond acceptors (Lipinski definition) is 3. The van der Waals surface area contributed by atoms with Crippen molar-refractivity contribution < 1.29 is 9.53 Å². The molecule has 4 saturated carbocycles. The molecule has 0 aromatic rings. The van der Waals surface area contributed by atoms with E-state index in [0.717, 1.165) is 24.3 Å². The summed E-state index contributed by atoms with van der Waals surface area (Å²) in [5.41, 5.74) is 0.148. The van der Waals surface area contributed by atoms with E-state index < -0.39 is 0 Å². The quantitative estimate of drug-likeness (QED) is 0.735. The highest BCUT2D eigenvalue weighted by Crippen LogP contribution is 2.55. The summed E-state index contributed by atoms with van der Waals surface area (Å²) in [5.74, 6) is 2.81. The number of nitrogens with one attached hydrogen (secondary N) is 2. The highest BCUT2D eigenvalue weighted by Gasteiger charge is 2.51. The summed E-state index contributed by atoms with van der Waals surface area (Å²) in [6, 6.07) is 0. The topological polar surface area (TPSA) is 50.4 Å². The lowest BCUT2D eigenvalue weighted by Crippen LogP contribution is -2.60. The molecule has 1 amide bonds. The summed E-state index contributed by atoms with van der Waals surface area (Å²) in [7, 11) is 1.68. The maximum absolute atomic E-state index is 12.1. The lowest BCUT2D eigenvalue weighted by atomic mass is 9.53. The highest BCUT2D eigenvalue weighted by molar-refractivity contribution is 5.85. The van der Waals surface area contributed by atoms with Gasteiger partial charge in [-0.3, -0.25) is 4.79 Å². The Hall–Kier alpha value is -0.320. The maximum Gasteiger partial charge on any atom is 0.234 e. The number of halogens is 1. The summed E-state index contributed by atoms with van der Waals surface area (Å²) < 4.78 is 4.96. The fourth-order valence-corrected chi connectivity index (χ4v) is 4.98. The van der Waals surface area contributed by atoms with Crippen LogP contribution in [0.1, 0.15) is 38.5 Å². The number of methoxy groups -OCH3 is 1. The van der Waals surface area contributed by atoms with Gasteiger partial charge in [0.1, 0.15) is 0 Å². The molecule has 2 N–H and O–H groups in total. The molecule has 0 aromatic carbocycles. The van der Waals surface area contributed by atoms with Crippen LogP contribution in [0.4, 0.5) is 0 Å². The van der Waals surface area contributed by atoms with E-state index in [2.05, 4.69) is 10.6 Å². The number of carbonyl (C=O) groups excluding carboxylic acids is 1. The Morgan fingerprint density at radius 3 is 2.20 bits per heavy atom. The van der Waals surface area contributed by atoms with Crippen LogP contribution >= 0.6 is 12.4 Å². The van der Waals surface area contributed by atoms with E-state index in [9.17, 15) is 4.79 Å². The molecule has 4 nitrogen and oxygen atoms in total. The molecule has 0 atom stereocenters. The van der Waals surface area contributed by atoms with Crippen LogP contribution in [0, 0.1) is 17.8 Å². The zero-order valence-corrected chi connectivity index (χ0v) is 13.1. The minimum absolute atomic E-state index is 0. The lowest BCUT2D eigenvalue weighted by Gasteiger charge is -2.56. The van der Waals surface area contributed by atoms with Gasteiger partial charge in [-0.2, -0.15) is 0 Å². The number of ether oxygens (including phenoxy) is 1. The monoisotopic (exact) mass is 302 g/mol.